The number of hydrogen-bond donors (Lipinski definition) is 4. The molecular formula is C31H39N9O3. The molecule has 6 N–H and O–H groups in total. The number of aromatic nitrogens is 2. The highest BCUT2D eigenvalue weighted by molar-refractivity contribution is 6.13. The number of amides is 2. The maximum atomic E-state index is 13.0. The third-order valence-electron chi connectivity index (χ3n) is 6.91. The summed E-state index contributed by atoms with van der Waals surface area (Å²) in [4.78, 5) is 27.2. The summed E-state index contributed by atoms with van der Waals surface area (Å²) in [5, 5.41) is 21.2. The molecule has 226 valence electrons. The van der Waals surface area contributed by atoms with Crippen LogP contribution in [0.5, 0.6) is 0 Å². The second-order valence-electron chi connectivity index (χ2n) is 11.3. The Bertz CT molecular complexity index is 1510. The first-order valence-corrected chi connectivity index (χ1v) is 14.1. The molecule has 43 heavy (non-hydrogen) atoms. The van der Waals surface area contributed by atoms with E-state index in [1.54, 1.807) is 59.6 Å². The SMILES string of the molecule is C=NN(/C=C(\N)C(=N)c1ccccc1N)c1ccc(C(=O)Nc2cnn(C3CCCN(C(=O)OC(C)(C)C)CC3)c2)cc1. The Kier molecular flexibility index (Phi) is 9.49. The van der Waals surface area contributed by atoms with E-state index in [0.717, 1.165) is 19.3 Å². The van der Waals surface area contributed by atoms with Crippen LogP contribution in [0.4, 0.5) is 21.9 Å². The Morgan fingerprint density at radius 2 is 1.88 bits per heavy atom. The molecule has 2 amide bonds. The van der Waals surface area contributed by atoms with Crippen molar-refractivity contribution in [3.05, 3.63) is 83.9 Å². The van der Waals surface area contributed by atoms with Crippen LogP contribution in [0.25, 0.3) is 0 Å². The topological polar surface area (TPSA) is 168 Å². The molecule has 0 bridgehead atoms. The second kappa shape index (κ2) is 13.2. The molecule has 1 unspecified atom stereocenters. The Morgan fingerprint density at radius 1 is 1.16 bits per heavy atom. The van der Waals surface area contributed by atoms with Gasteiger partial charge in [-0.05, 0) is 70.4 Å². The second-order valence-corrected chi connectivity index (χ2v) is 11.3. The summed E-state index contributed by atoms with van der Waals surface area (Å²) in [6.45, 7) is 10.4. The highest BCUT2D eigenvalue weighted by atomic mass is 16.6. The van der Waals surface area contributed by atoms with Crippen LogP contribution in [0.3, 0.4) is 0 Å². The number of carbonyl (C=O) groups is 2. The fourth-order valence-electron chi connectivity index (χ4n) is 4.70. The lowest BCUT2D eigenvalue weighted by atomic mass is 10.1. The van der Waals surface area contributed by atoms with Gasteiger partial charge in [0.05, 0.1) is 41.2 Å². The van der Waals surface area contributed by atoms with Gasteiger partial charge in [0.15, 0.2) is 0 Å². The molecule has 0 saturated carbocycles. The maximum Gasteiger partial charge on any atom is 0.410 e. The van der Waals surface area contributed by atoms with Gasteiger partial charge in [0, 0.05) is 42.8 Å². The number of anilines is 3. The molecule has 1 atom stereocenters. The van der Waals surface area contributed by atoms with Gasteiger partial charge in [-0.15, -0.1) is 0 Å². The summed E-state index contributed by atoms with van der Waals surface area (Å²) in [7, 11) is 0. The minimum Gasteiger partial charge on any atom is -0.444 e. The van der Waals surface area contributed by atoms with E-state index in [9.17, 15) is 9.59 Å². The van der Waals surface area contributed by atoms with E-state index in [0.29, 0.717) is 41.3 Å². The first-order valence-electron chi connectivity index (χ1n) is 14.1. The first kappa shape index (κ1) is 30.8. The maximum absolute atomic E-state index is 13.0. The van der Waals surface area contributed by atoms with Crippen LogP contribution in [0.15, 0.2) is 77.9 Å². The van der Waals surface area contributed by atoms with Crippen LogP contribution in [0, 0.1) is 5.41 Å². The Balaban J connectivity index is 1.36. The number of para-hydroxylation sites is 1. The predicted octanol–water partition coefficient (Wildman–Crippen LogP) is 4.97. The largest absolute Gasteiger partial charge is 0.444 e. The molecule has 0 spiro atoms. The normalized spacial score (nSPS) is 15.7. The van der Waals surface area contributed by atoms with Crippen LogP contribution in [0.2, 0.25) is 0 Å². The first-order chi connectivity index (χ1) is 20.4. The van der Waals surface area contributed by atoms with Crippen LogP contribution in [0.1, 0.15) is 62.0 Å². The van der Waals surface area contributed by atoms with E-state index in [1.165, 1.54) is 11.2 Å². The third kappa shape index (κ3) is 8.00. The van der Waals surface area contributed by atoms with E-state index in [-0.39, 0.29) is 29.5 Å². The van der Waals surface area contributed by atoms with Gasteiger partial charge in [-0.2, -0.15) is 10.2 Å². The van der Waals surface area contributed by atoms with Crippen LogP contribution in [-0.2, 0) is 4.74 Å². The van der Waals surface area contributed by atoms with Crippen molar-refractivity contribution in [2.75, 3.05) is 29.1 Å². The molecule has 1 saturated heterocycles. The predicted molar refractivity (Wildman–Crippen MR) is 169 cm³/mol. The number of ether oxygens (including phenoxy) is 1. The van der Waals surface area contributed by atoms with E-state index in [4.69, 9.17) is 21.6 Å². The Hall–Kier alpha value is -5.13. The summed E-state index contributed by atoms with van der Waals surface area (Å²) in [5.74, 6) is -0.294. The summed E-state index contributed by atoms with van der Waals surface area (Å²) in [5.41, 5.74) is 14.4. The summed E-state index contributed by atoms with van der Waals surface area (Å²) < 4.78 is 7.37. The van der Waals surface area contributed by atoms with Gasteiger partial charge in [0.1, 0.15) is 5.60 Å². The minimum absolute atomic E-state index is 0.0625. The van der Waals surface area contributed by atoms with Gasteiger partial charge < -0.3 is 26.4 Å². The highest BCUT2D eigenvalue weighted by Gasteiger charge is 2.26. The minimum atomic E-state index is -0.534. The van der Waals surface area contributed by atoms with E-state index >= 15 is 0 Å². The third-order valence-corrected chi connectivity index (χ3v) is 6.91. The number of nitrogen functional groups attached to an aromatic ring is 1. The molecule has 2 heterocycles. The van der Waals surface area contributed by atoms with Gasteiger partial charge in [0.25, 0.3) is 5.91 Å². The zero-order chi connectivity index (χ0) is 31.1. The zero-order valence-corrected chi connectivity index (χ0v) is 24.8. The number of hydrazone groups is 1. The molecule has 1 fully saturated rings. The number of allylic oxidation sites excluding steroid dienone is 1. The molecule has 12 nitrogen and oxygen atoms in total. The number of nitrogens with two attached hydrogens (primary N) is 2. The van der Waals surface area contributed by atoms with Crippen molar-refractivity contribution in [2.45, 2.75) is 51.7 Å². The van der Waals surface area contributed by atoms with Crippen molar-refractivity contribution >= 4 is 41.5 Å². The van der Waals surface area contributed by atoms with Gasteiger partial charge in [-0.3, -0.25) is 14.9 Å². The van der Waals surface area contributed by atoms with Crippen molar-refractivity contribution in [3.8, 4) is 0 Å². The standard InChI is InChI=1S/C31H39N9O3/c1-31(2,3)43-30(42)38-16-7-8-23(15-17-38)40-19-22(18-36-40)37-29(41)21-11-13-24(14-12-21)39(35-4)20-27(33)28(34)25-9-5-6-10-26(25)32/h5-6,9-14,18-20,23,34H,4,7-8,15-17,32-33H2,1-3H3,(H,37,41)/b27-20-,34-28?. The van der Waals surface area contributed by atoms with Crippen molar-refractivity contribution in [1.29, 1.82) is 5.41 Å². The number of nitrogens with zero attached hydrogens (tertiary/aromatic N) is 5. The van der Waals surface area contributed by atoms with Crippen molar-refractivity contribution in [1.82, 2.24) is 14.7 Å². The number of benzene rings is 2. The van der Waals surface area contributed by atoms with Gasteiger partial charge in [0.2, 0.25) is 0 Å². The van der Waals surface area contributed by atoms with Gasteiger partial charge in [-0.1, -0.05) is 18.2 Å². The molecule has 1 aliphatic rings. The van der Waals surface area contributed by atoms with E-state index in [1.807, 2.05) is 31.6 Å². The fourth-order valence-corrected chi connectivity index (χ4v) is 4.70. The van der Waals surface area contributed by atoms with Gasteiger partial charge in [-0.25, -0.2) is 9.80 Å². The molecule has 3 aromatic rings. The molecule has 0 aliphatic carbocycles. The smallest absolute Gasteiger partial charge is 0.410 e. The number of likely N-dealkylation sites (tertiary alicyclic amines) is 1. The number of carbonyl (C=O) groups excluding carboxylic acids is 2. The summed E-state index contributed by atoms with van der Waals surface area (Å²) in [6.07, 6.45) is 7.04. The van der Waals surface area contributed by atoms with E-state index < -0.39 is 5.60 Å². The number of hydrogen-bond acceptors (Lipinski definition) is 9. The molecule has 12 heteroatoms. The van der Waals surface area contributed by atoms with Crippen molar-refractivity contribution in [2.24, 2.45) is 10.8 Å². The zero-order valence-electron chi connectivity index (χ0n) is 24.8. The molecule has 0 radical (unpaired) electrons. The van der Waals surface area contributed by atoms with E-state index in [2.05, 4.69) is 22.2 Å². The number of rotatable bonds is 8. The molecule has 1 aromatic heterocycles. The summed E-state index contributed by atoms with van der Waals surface area (Å²) >= 11 is 0. The Morgan fingerprint density at radius 3 is 2.56 bits per heavy atom. The van der Waals surface area contributed by atoms with Crippen LogP contribution in [-0.4, -0.2) is 57.8 Å². The molecule has 2 aromatic carbocycles. The molecular weight excluding hydrogens is 546 g/mol. The monoisotopic (exact) mass is 585 g/mol. The lowest BCUT2D eigenvalue weighted by molar-refractivity contribution is 0.0255. The van der Waals surface area contributed by atoms with Crippen LogP contribution >= 0.6 is 0 Å². The molecule has 4 rings (SSSR count). The fraction of sp³-hybridized carbons (Fsp3) is 0.323. The average Bonchev–Trinajstić information content (AvgIpc) is 3.28. The Labute approximate surface area is 251 Å². The van der Waals surface area contributed by atoms with Gasteiger partial charge >= 0.3 is 6.09 Å². The highest BCUT2D eigenvalue weighted by Crippen LogP contribution is 2.25. The number of nitrogens with one attached hydrogen (secondary N) is 2. The summed E-state index contributed by atoms with van der Waals surface area (Å²) in [6, 6.07) is 13.8. The lowest BCUT2D eigenvalue weighted by Gasteiger charge is -2.26. The van der Waals surface area contributed by atoms with Crippen molar-refractivity contribution in [3.63, 3.8) is 0 Å². The van der Waals surface area contributed by atoms with Crippen LogP contribution < -0.4 is 21.8 Å². The lowest BCUT2D eigenvalue weighted by Crippen LogP contribution is -2.37. The quantitative estimate of drug-likeness (QED) is 0.164. The average molecular weight is 586 g/mol. The van der Waals surface area contributed by atoms with Crippen molar-refractivity contribution < 1.29 is 14.3 Å². The molecule has 1 aliphatic heterocycles.